The average molecular weight is 273 g/mol. The third-order valence-electron chi connectivity index (χ3n) is 2.78. The van der Waals surface area contributed by atoms with Gasteiger partial charge in [-0.05, 0) is 12.5 Å². The van der Waals surface area contributed by atoms with Crippen molar-refractivity contribution in [2.75, 3.05) is 0 Å². The summed E-state index contributed by atoms with van der Waals surface area (Å²) < 4.78 is 0. The smallest absolute Gasteiger partial charge is 0.325 e. The summed E-state index contributed by atoms with van der Waals surface area (Å²) in [4.78, 5) is 38.3. The first-order valence-corrected chi connectivity index (χ1v) is 6.18. The van der Waals surface area contributed by atoms with E-state index in [1.165, 1.54) is 6.07 Å². The van der Waals surface area contributed by atoms with Crippen LogP contribution in [0, 0.1) is 6.92 Å². The fourth-order valence-electron chi connectivity index (χ4n) is 1.76. The number of carbonyl (C=O) groups is 1. The molecule has 20 heavy (non-hydrogen) atoms. The van der Waals surface area contributed by atoms with E-state index in [-0.39, 0.29) is 12.3 Å². The Kier molecular flexibility index (Phi) is 4.14. The maximum absolute atomic E-state index is 11.7. The van der Waals surface area contributed by atoms with E-state index >= 15 is 0 Å². The molecule has 2 rings (SSSR count). The summed E-state index contributed by atoms with van der Waals surface area (Å²) in [7, 11) is 0. The first-order valence-electron chi connectivity index (χ1n) is 6.18. The Morgan fingerprint density at radius 2 is 1.85 bits per heavy atom. The lowest BCUT2D eigenvalue weighted by molar-refractivity contribution is -0.120. The number of hydrogen-bond donors (Lipinski definition) is 3. The second kappa shape index (κ2) is 6.01. The van der Waals surface area contributed by atoms with Gasteiger partial charge in [0.05, 0.1) is 6.42 Å². The molecule has 2 aromatic rings. The number of carbonyl (C=O) groups excluding carboxylic acids is 1. The second-order valence-corrected chi connectivity index (χ2v) is 4.55. The van der Waals surface area contributed by atoms with Crippen molar-refractivity contribution >= 4 is 5.91 Å². The number of benzene rings is 1. The van der Waals surface area contributed by atoms with Crippen LogP contribution in [0.5, 0.6) is 0 Å². The van der Waals surface area contributed by atoms with Crippen LogP contribution < -0.4 is 16.6 Å². The van der Waals surface area contributed by atoms with Crippen LogP contribution in [-0.4, -0.2) is 15.9 Å². The summed E-state index contributed by atoms with van der Waals surface area (Å²) >= 11 is 0. The summed E-state index contributed by atoms with van der Waals surface area (Å²) in [5.74, 6) is -0.258. The summed E-state index contributed by atoms with van der Waals surface area (Å²) in [5, 5.41) is 2.73. The van der Waals surface area contributed by atoms with Gasteiger partial charge in [-0.3, -0.25) is 14.6 Å². The van der Waals surface area contributed by atoms with Crippen molar-refractivity contribution in [3.63, 3.8) is 0 Å². The molecule has 1 amide bonds. The molecular weight excluding hydrogens is 258 g/mol. The first-order chi connectivity index (χ1) is 9.52. The maximum atomic E-state index is 11.7. The molecule has 6 nitrogen and oxygen atoms in total. The highest BCUT2D eigenvalue weighted by Crippen LogP contribution is 2.02. The van der Waals surface area contributed by atoms with Crippen molar-refractivity contribution in [2.24, 2.45) is 0 Å². The molecule has 1 aromatic heterocycles. The molecule has 0 radical (unpaired) electrons. The maximum Gasteiger partial charge on any atom is 0.325 e. The zero-order valence-corrected chi connectivity index (χ0v) is 11.0. The van der Waals surface area contributed by atoms with Crippen LogP contribution in [0.2, 0.25) is 0 Å². The SMILES string of the molecule is Cc1ccc(CNC(=O)Cc2cc(=O)[nH]c(=O)[nH]2)cc1. The van der Waals surface area contributed by atoms with E-state index in [0.717, 1.165) is 11.1 Å². The highest BCUT2D eigenvalue weighted by Gasteiger charge is 2.05. The molecule has 3 N–H and O–H groups in total. The standard InChI is InChI=1S/C14H15N3O3/c1-9-2-4-10(5-3-9)8-15-12(18)6-11-7-13(19)17-14(20)16-11/h2-5,7H,6,8H2,1H3,(H,15,18)(H2,16,17,19,20). The number of aromatic nitrogens is 2. The van der Waals surface area contributed by atoms with Crippen LogP contribution in [0.4, 0.5) is 0 Å². The number of hydrogen-bond acceptors (Lipinski definition) is 3. The van der Waals surface area contributed by atoms with Crippen molar-refractivity contribution in [1.82, 2.24) is 15.3 Å². The third kappa shape index (κ3) is 3.94. The number of rotatable bonds is 4. The fraction of sp³-hybridized carbons (Fsp3) is 0.214. The molecule has 0 aliphatic carbocycles. The molecular formula is C14H15N3O3. The normalized spacial score (nSPS) is 10.2. The predicted molar refractivity (Wildman–Crippen MR) is 74.4 cm³/mol. The monoisotopic (exact) mass is 273 g/mol. The third-order valence-corrected chi connectivity index (χ3v) is 2.78. The van der Waals surface area contributed by atoms with Gasteiger partial charge in [-0.25, -0.2) is 4.79 Å². The Morgan fingerprint density at radius 1 is 1.15 bits per heavy atom. The Hall–Kier alpha value is -2.63. The Morgan fingerprint density at radius 3 is 2.50 bits per heavy atom. The van der Waals surface area contributed by atoms with Crippen LogP contribution in [0.15, 0.2) is 39.9 Å². The zero-order valence-electron chi connectivity index (χ0n) is 11.0. The van der Waals surface area contributed by atoms with Crippen LogP contribution in [-0.2, 0) is 17.8 Å². The summed E-state index contributed by atoms with van der Waals surface area (Å²) in [6.07, 6.45) is -0.0367. The van der Waals surface area contributed by atoms with Crippen molar-refractivity contribution in [3.8, 4) is 0 Å². The van der Waals surface area contributed by atoms with E-state index in [1.807, 2.05) is 36.2 Å². The number of nitrogens with one attached hydrogen (secondary N) is 3. The quantitative estimate of drug-likeness (QED) is 0.744. The topological polar surface area (TPSA) is 94.8 Å². The Balaban J connectivity index is 1.94. The van der Waals surface area contributed by atoms with E-state index in [9.17, 15) is 14.4 Å². The molecule has 0 atom stereocenters. The molecule has 0 fully saturated rings. The molecule has 0 aliphatic heterocycles. The largest absolute Gasteiger partial charge is 0.352 e. The van der Waals surface area contributed by atoms with Crippen LogP contribution in [0.25, 0.3) is 0 Å². The lowest BCUT2D eigenvalue weighted by Crippen LogP contribution is -2.28. The molecule has 1 heterocycles. The predicted octanol–water partition coefficient (Wildman–Crippen LogP) is 0.231. The van der Waals surface area contributed by atoms with Gasteiger partial charge in [0, 0.05) is 18.3 Å². The zero-order chi connectivity index (χ0) is 14.5. The van der Waals surface area contributed by atoms with Crippen LogP contribution >= 0.6 is 0 Å². The van der Waals surface area contributed by atoms with Crippen molar-refractivity contribution in [2.45, 2.75) is 19.9 Å². The lowest BCUT2D eigenvalue weighted by Gasteiger charge is -2.05. The van der Waals surface area contributed by atoms with Gasteiger partial charge in [-0.1, -0.05) is 29.8 Å². The number of aryl methyl sites for hydroxylation is 1. The highest BCUT2D eigenvalue weighted by molar-refractivity contribution is 5.78. The minimum Gasteiger partial charge on any atom is -0.352 e. The van der Waals surface area contributed by atoms with Gasteiger partial charge in [0.1, 0.15) is 0 Å². The first kappa shape index (κ1) is 13.8. The number of amides is 1. The molecule has 0 bridgehead atoms. The highest BCUT2D eigenvalue weighted by atomic mass is 16.2. The Labute approximate surface area is 114 Å². The van der Waals surface area contributed by atoms with Crippen molar-refractivity contribution in [3.05, 3.63) is 68.0 Å². The van der Waals surface area contributed by atoms with Gasteiger partial charge in [-0.2, -0.15) is 0 Å². The lowest BCUT2D eigenvalue weighted by atomic mass is 10.1. The molecule has 0 saturated carbocycles. The van der Waals surface area contributed by atoms with Crippen molar-refractivity contribution < 1.29 is 4.79 Å². The fourth-order valence-corrected chi connectivity index (χ4v) is 1.76. The van der Waals surface area contributed by atoms with Crippen molar-refractivity contribution in [1.29, 1.82) is 0 Å². The summed E-state index contributed by atoms with van der Waals surface area (Å²) in [5.41, 5.74) is 1.30. The molecule has 1 aromatic carbocycles. The minimum atomic E-state index is -0.612. The van der Waals surface area contributed by atoms with Gasteiger partial charge in [-0.15, -0.1) is 0 Å². The van der Waals surface area contributed by atoms with Crippen LogP contribution in [0.3, 0.4) is 0 Å². The second-order valence-electron chi connectivity index (χ2n) is 4.55. The van der Waals surface area contributed by atoms with E-state index in [4.69, 9.17) is 0 Å². The number of aromatic amines is 2. The van der Waals surface area contributed by atoms with Gasteiger partial charge in [0.25, 0.3) is 5.56 Å². The molecule has 0 spiro atoms. The average Bonchev–Trinajstić information content (AvgIpc) is 2.37. The van der Waals surface area contributed by atoms with E-state index in [0.29, 0.717) is 12.2 Å². The van der Waals surface area contributed by atoms with Gasteiger partial charge in [0.2, 0.25) is 5.91 Å². The number of H-pyrrole nitrogens is 2. The molecule has 0 aliphatic rings. The van der Waals surface area contributed by atoms with E-state index < -0.39 is 11.2 Å². The van der Waals surface area contributed by atoms with E-state index in [1.54, 1.807) is 0 Å². The summed E-state index contributed by atoms with van der Waals surface area (Å²) in [6, 6.07) is 9.01. The van der Waals surface area contributed by atoms with E-state index in [2.05, 4.69) is 10.3 Å². The van der Waals surface area contributed by atoms with Crippen LogP contribution in [0.1, 0.15) is 16.8 Å². The molecule has 0 saturated heterocycles. The van der Waals surface area contributed by atoms with Gasteiger partial charge in [0.15, 0.2) is 0 Å². The van der Waals surface area contributed by atoms with Gasteiger partial charge >= 0.3 is 5.69 Å². The van der Waals surface area contributed by atoms with Gasteiger partial charge < -0.3 is 10.3 Å². The molecule has 104 valence electrons. The summed E-state index contributed by atoms with van der Waals surface area (Å²) in [6.45, 7) is 2.40. The molecule has 0 unspecified atom stereocenters. The Bertz CT molecular complexity index is 685. The minimum absolute atomic E-state index is 0.0367. The molecule has 6 heteroatoms.